The third-order valence-corrected chi connectivity index (χ3v) is 4.40. The fraction of sp³-hybridized carbons (Fsp3) is 0.500. The minimum absolute atomic E-state index is 0.130. The van der Waals surface area contributed by atoms with Gasteiger partial charge in [-0.2, -0.15) is 4.68 Å². The molecule has 24 heavy (non-hydrogen) atoms. The summed E-state index contributed by atoms with van der Waals surface area (Å²) in [6, 6.07) is 5.23. The molecule has 10 nitrogen and oxygen atoms in total. The number of nitrogens with two attached hydrogens (primary N) is 1. The summed E-state index contributed by atoms with van der Waals surface area (Å²) in [7, 11) is 0. The Balaban J connectivity index is 1.40. The molecule has 2 saturated heterocycles. The summed E-state index contributed by atoms with van der Waals surface area (Å²) < 4.78 is 29.5. The molecule has 2 fully saturated rings. The van der Waals surface area contributed by atoms with Crippen LogP contribution >= 0.6 is 0 Å². The summed E-state index contributed by atoms with van der Waals surface area (Å²) in [5.74, 6) is 1.86. The number of ether oxygens (including phenoxy) is 5. The van der Waals surface area contributed by atoms with Crippen molar-refractivity contribution in [3.05, 3.63) is 18.2 Å². The molecule has 4 heterocycles. The van der Waals surface area contributed by atoms with E-state index in [1.165, 1.54) is 0 Å². The van der Waals surface area contributed by atoms with Crippen molar-refractivity contribution in [2.75, 3.05) is 20.0 Å². The Morgan fingerprint density at radius 1 is 1.12 bits per heavy atom. The van der Waals surface area contributed by atoms with E-state index in [1.807, 2.05) is 0 Å². The maximum atomic E-state index is 5.98. The number of tetrazole rings is 1. The number of nitrogens with zero attached hydrogens (tertiary/aromatic N) is 4. The molecule has 0 unspecified atom stereocenters. The Bertz CT molecular complexity index is 768. The van der Waals surface area contributed by atoms with E-state index in [2.05, 4.69) is 15.5 Å². The standard InChI is InChI=1S/C14H15N5O5/c15-8-4-20-13-9(5-21-12(8)13)19-14(16-17-18-19)24-7-1-2-10-11(3-7)23-6-22-10/h1-3,8-9,12-13H,4-6,15H2/t8-,9+,12-,13+/m0/s1. The van der Waals surface area contributed by atoms with Gasteiger partial charge >= 0.3 is 6.01 Å². The van der Waals surface area contributed by atoms with Crippen molar-refractivity contribution in [2.24, 2.45) is 5.73 Å². The highest BCUT2D eigenvalue weighted by Gasteiger charge is 2.48. The number of fused-ring (bicyclic) bond motifs is 2. The van der Waals surface area contributed by atoms with Crippen LogP contribution in [-0.2, 0) is 9.47 Å². The normalized spacial score (nSPS) is 30.5. The molecule has 126 valence electrons. The number of rotatable bonds is 3. The Kier molecular flexibility index (Phi) is 3.08. The van der Waals surface area contributed by atoms with E-state index < -0.39 is 0 Å². The molecule has 0 spiro atoms. The molecule has 1 aromatic heterocycles. The zero-order valence-corrected chi connectivity index (χ0v) is 12.6. The number of benzene rings is 1. The van der Waals surface area contributed by atoms with Gasteiger partial charge in [-0.25, -0.2) is 0 Å². The minimum atomic E-state index is -0.178. The summed E-state index contributed by atoms with van der Waals surface area (Å²) in [4.78, 5) is 0. The second-order valence-corrected chi connectivity index (χ2v) is 5.85. The van der Waals surface area contributed by atoms with Crippen LogP contribution < -0.4 is 19.9 Å². The molecule has 5 rings (SSSR count). The molecule has 1 aromatic carbocycles. The lowest BCUT2D eigenvalue weighted by molar-refractivity contribution is 0.0617. The molecule has 2 N–H and O–H groups in total. The monoisotopic (exact) mass is 333 g/mol. The van der Waals surface area contributed by atoms with Gasteiger partial charge in [-0.05, 0) is 22.6 Å². The predicted octanol–water partition coefficient (Wildman–Crippen LogP) is -0.140. The summed E-state index contributed by atoms with van der Waals surface area (Å²) >= 11 is 0. The SMILES string of the molecule is N[C@H]1CO[C@H]2[C@H]1OC[C@H]2n1nnnc1Oc1ccc2c(c1)OCO2. The highest BCUT2D eigenvalue weighted by molar-refractivity contribution is 5.47. The second-order valence-electron chi connectivity index (χ2n) is 5.85. The lowest BCUT2D eigenvalue weighted by Gasteiger charge is -2.16. The first-order valence-electron chi connectivity index (χ1n) is 7.64. The van der Waals surface area contributed by atoms with Gasteiger partial charge in [0.25, 0.3) is 0 Å². The van der Waals surface area contributed by atoms with E-state index in [1.54, 1.807) is 22.9 Å². The van der Waals surface area contributed by atoms with Crippen LogP contribution in [-0.4, -0.2) is 58.5 Å². The molecular formula is C14H15N5O5. The summed E-state index contributed by atoms with van der Waals surface area (Å²) in [6.45, 7) is 1.09. The molecule has 3 aliphatic rings. The van der Waals surface area contributed by atoms with Crippen molar-refractivity contribution in [3.8, 4) is 23.3 Å². The molecule has 2 aromatic rings. The highest BCUT2D eigenvalue weighted by atomic mass is 16.7. The van der Waals surface area contributed by atoms with Crippen molar-refractivity contribution in [3.63, 3.8) is 0 Å². The average molecular weight is 333 g/mol. The second kappa shape index (κ2) is 5.30. The number of hydrogen-bond acceptors (Lipinski definition) is 9. The van der Waals surface area contributed by atoms with E-state index in [4.69, 9.17) is 29.4 Å². The zero-order chi connectivity index (χ0) is 16.1. The van der Waals surface area contributed by atoms with Crippen LogP contribution in [0.15, 0.2) is 18.2 Å². The van der Waals surface area contributed by atoms with Gasteiger partial charge in [0, 0.05) is 6.07 Å². The molecule has 0 aliphatic carbocycles. The van der Waals surface area contributed by atoms with Crippen LogP contribution in [0.25, 0.3) is 0 Å². The Labute approximate surface area is 136 Å². The third kappa shape index (κ3) is 2.11. The molecule has 4 atom stereocenters. The van der Waals surface area contributed by atoms with E-state index in [9.17, 15) is 0 Å². The average Bonchev–Trinajstić information content (AvgIpc) is 3.33. The van der Waals surface area contributed by atoms with Crippen LogP contribution in [0.2, 0.25) is 0 Å². The Hall–Kier alpha value is -2.43. The molecular weight excluding hydrogens is 318 g/mol. The van der Waals surface area contributed by atoms with Crippen LogP contribution in [0, 0.1) is 0 Å². The smallest absolute Gasteiger partial charge is 0.341 e. The number of aromatic nitrogens is 4. The fourth-order valence-corrected chi connectivity index (χ4v) is 3.22. The van der Waals surface area contributed by atoms with E-state index in [0.717, 1.165) is 0 Å². The first-order valence-corrected chi connectivity index (χ1v) is 7.64. The molecule has 0 amide bonds. The lowest BCUT2D eigenvalue weighted by Crippen LogP contribution is -2.36. The Morgan fingerprint density at radius 3 is 2.96 bits per heavy atom. The van der Waals surface area contributed by atoms with Gasteiger partial charge in [0.1, 0.15) is 24.0 Å². The van der Waals surface area contributed by atoms with Crippen LogP contribution in [0.1, 0.15) is 6.04 Å². The van der Waals surface area contributed by atoms with Crippen molar-refractivity contribution < 1.29 is 23.7 Å². The van der Waals surface area contributed by atoms with Gasteiger partial charge in [-0.3, -0.25) is 0 Å². The van der Waals surface area contributed by atoms with Crippen LogP contribution in [0.3, 0.4) is 0 Å². The fourth-order valence-electron chi connectivity index (χ4n) is 3.22. The maximum absolute atomic E-state index is 5.98. The van der Waals surface area contributed by atoms with Crippen LogP contribution in [0.4, 0.5) is 0 Å². The summed E-state index contributed by atoms with van der Waals surface area (Å²) in [5.41, 5.74) is 5.98. The van der Waals surface area contributed by atoms with Crippen molar-refractivity contribution >= 4 is 0 Å². The van der Waals surface area contributed by atoms with Gasteiger partial charge in [0.2, 0.25) is 6.79 Å². The zero-order valence-electron chi connectivity index (χ0n) is 12.6. The largest absolute Gasteiger partial charge is 0.454 e. The maximum Gasteiger partial charge on any atom is 0.341 e. The first kappa shape index (κ1) is 14.0. The summed E-state index contributed by atoms with van der Waals surface area (Å²) in [6.07, 6.45) is -0.319. The van der Waals surface area contributed by atoms with Gasteiger partial charge < -0.3 is 29.4 Å². The highest BCUT2D eigenvalue weighted by Crippen LogP contribution is 2.38. The van der Waals surface area contributed by atoms with Gasteiger partial charge in [0.05, 0.1) is 19.3 Å². The quantitative estimate of drug-likeness (QED) is 0.819. The summed E-state index contributed by atoms with van der Waals surface area (Å²) in [5, 5.41) is 11.7. The molecule has 10 heteroatoms. The minimum Gasteiger partial charge on any atom is -0.454 e. The molecule has 0 saturated carbocycles. The predicted molar refractivity (Wildman–Crippen MR) is 76.9 cm³/mol. The lowest BCUT2D eigenvalue weighted by atomic mass is 10.1. The Morgan fingerprint density at radius 2 is 2.00 bits per heavy atom. The van der Waals surface area contributed by atoms with Gasteiger partial charge in [-0.15, -0.1) is 0 Å². The molecule has 3 aliphatic heterocycles. The van der Waals surface area contributed by atoms with E-state index >= 15 is 0 Å². The van der Waals surface area contributed by atoms with Crippen molar-refractivity contribution in [1.29, 1.82) is 0 Å². The van der Waals surface area contributed by atoms with Crippen molar-refractivity contribution in [1.82, 2.24) is 20.2 Å². The van der Waals surface area contributed by atoms with E-state index in [-0.39, 0.29) is 37.1 Å². The van der Waals surface area contributed by atoms with Crippen LogP contribution in [0.5, 0.6) is 23.3 Å². The first-order chi connectivity index (χ1) is 11.8. The van der Waals surface area contributed by atoms with Crippen molar-refractivity contribution in [2.45, 2.75) is 24.3 Å². The van der Waals surface area contributed by atoms with E-state index in [0.29, 0.717) is 30.5 Å². The number of hydrogen-bond donors (Lipinski definition) is 1. The van der Waals surface area contributed by atoms with Gasteiger partial charge in [-0.1, -0.05) is 5.10 Å². The third-order valence-electron chi connectivity index (χ3n) is 4.40. The topological polar surface area (TPSA) is 116 Å². The van der Waals surface area contributed by atoms with Gasteiger partial charge in [0.15, 0.2) is 11.5 Å². The molecule has 0 radical (unpaired) electrons. The molecule has 0 bridgehead atoms.